The van der Waals surface area contributed by atoms with Crippen molar-refractivity contribution in [2.24, 2.45) is 0 Å². The number of aromatic hydroxyl groups is 2. The van der Waals surface area contributed by atoms with Crippen molar-refractivity contribution in [1.29, 1.82) is 0 Å². The van der Waals surface area contributed by atoms with Crippen molar-refractivity contribution in [1.82, 2.24) is 0 Å². The minimum absolute atomic E-state index is 0.130. The normalized spacial score (nSPS) is 10.0. The zero-order valence-corrected chi connectivity index (χ0v) is 11.6. The van der Waals surface area contributed by atoms with Crippen LogP contribution in [0.1, 0.15) is 10.4 Å². The van der Waals surface area contributed by atoms with Gasteiger partial charge in [-0.3, -0.25) is 4.79 Å². The van der Waals surface area contributed by atoms with E-state index in [1.54, 1.807) is 18.2 Å². The molecule has 110 valence electrons. The van der Waals surface area contributed by atoms with Crippen molar-refractivity contribution in [3.63, 3.8) is 0 Å². The predicted molar refractivity (Wildman–Crippen MR) is 77.3 cm³/mol. The predicted octanol–water partition coefficient (Wildman–Crippen LogP) is 2.37. The van der Waals surface area contributed by atoms with E-state index in [0.717, 1.165) is 6.07 Å². The highest BCUT2D eigenvalue weighted by atomic mass is 16.5. The lowest BCUT2D eigenvalue weighted by Gasteiger charge is -2.12. The molecule has 0 unspecified atom stereocenters. The van der Waals surface area contributed by atoms with Gasteiger partial charge in [0.1, 0.15) is 23.0 Å². The molecule has 0 heterocycles. The number of phenolic OH excluding ortho intramolecular Hbond substituents is 2. The Hall–Kier alpha value is -2.89. The van der Waals surface area contributed by atoms with Crippen LogP contribution in [0.3, 0.4) is 0 Å². The van der Waals surface area contributed by atoms with Crippen LogP contribution in [0.4, 0.5) is 5.69 Å². The van der Waals surface area contributed by atoms with Crippen LogP contribution in [-0.4, -0.2) is 30.3 Å². The quantitative estimate of drug-likeness (QED) is 0.804. The molecular formula is C15H15NO5. The van der Waals surface area contributed by atoms with Gasteiger partial charge in [0.25, 0.3) is 5.91 Å². The van der Waals surface area contributed by atoms with Gasteiger partial charge in [-0.05, 0) is 24.3 Å². The number of hydrogen-bond acceptors (Lipinski definition) is 5. The van der Waals surface area contributed by atoms with Gasteiger partial charge in [-0.2, -0.15) is 0 Å². The number of rotatable bonds is 4. The highest BCUT2D eigenvalue weighted by molar-refractivity contribution is 6.05. The summed E-state index contributed by atoms with van der Waals surface area (Å²) in [5, 5.41) is 21.4. The molecule has 0 aliphatic rings. The van der Waals surface area contributed by atoms with E-state index in [2.05, 4.69) is 5.32 Å². The Morgan fingerprint density at radius 2 is 1.67 bits per heavy atom. The Morgan fingerprint density at radius 3 is 2.24 bits per heavy atom. The fraction of sp³-hybridized carbons (Fsp3) is 0.133. The van der Waals surface area contributed by atoms with E-state index < -0.39 is 5.91 Å². The second kappa shape index (κ2) is 6.04. The van der Waals surface area contributed by atoms with Crippen molar-refractivity contribution in [2.75, 3.05) is 19.5 Å². The number of anilines is 1. The molecule has 0 saturated carbocycles. The first-order valence-electron chi connectivity index (χ1n) is 6.10. The molecule has 2 aromatic rings. The molecule has 0 saturated heterocycles. The van der Waals surface area contributed by atoms with E-state index in [1.165, 1.54) is 26.4 Å². The number of hydrogen-bond donors (Lipinski definition) is 3. The second-order valence-electron chi connectivity index (χ2n) is 4.26. The average Bonchev–Trinajstić information content (AvgIpc) is 2.46. The second-order valence-corrected chi connectivity index (χ2v) is 4.26. The number of amides is 1. The third kappa shape index (κ3) is 3.36. The Bertz CT molecular complexity index is 649. The molecule has 3 N–H and O–H groups in total. The molecule has 0 atom stereocenters. The summed E-state index contributed by atoms with van der Waals surface area (Å²) >= 11 is 0. The molecule has 2 rings (SSSR count). The van der Waals surface area contributed by atoms with Crippen molar-refractivity contribution in [3.8, 4) is 23.0 Å². The molecule has 6 heteroatoms. The summed E-state index contributed by atoms with van der Waals surface area (Å²) in [7, 11) is 3.01. The smallest absolute Gasteiger partial charge is 0.256 e. The molecular weight excluding hydrogens is 274 g/mol. The van der Waals surface area contributed by atoms with Crippen LogP contribution in [-0.2, 0) is 0 Å². The number of ether oxygens (including phenoxy) is 2. The van der Waals surface area contributed by atoms with Gasteiger partial charge in [-0.15, -0.1) is 0 Å². The zero-order chi connectivity index (χ0) is 15.4. The van der Waals surface area contributed by atoms with Crippen LogP contribution in [0, 0.1) is 0 Å². The fourth-order valence-electron chi connectivity index (χ4n) is 1.82. The highest BCUT2D eigenvalue weighted by Crippen LogP contribution is 2.30. The average molecular weight is 289 g/mol. The lowest BCUT2D eigenvalue weighted by molar-refractivity contribution is 0.102. The third-order valence-electron chi connectivity index (χ3n) is 2.82. The van der Waals surface area contributed by atoms with Crippen molar-refractivity contribution in [2.45, 2.75) is 0 Å². The Morgan fingerprint density at radius 1 is 1.00 bits per heavy atom. The summed E-state index contributed by atoms with van der Waals surface area (Å²) in [6.45, 7) is 0. The number of methoxy groups -OCH3 is 2. The number of phenols is 2. The maximum absolute atomic E-state index is 12.1. The van der Waals surface area contributed by atoms with Gasteiger partial charge in [0, 0.05) is 17.7 Å². The minimum atomic E-state index is -0.482. The van der Waals surface area contributed by atoms with Crippen LogP contribution in [0.25, 0.3) is 0 Å². The Labute approximate surface area is 121 Å². The van der Waals surface area contributed by atoms with Gasteiger partial charge < -0.3 is 25.0 Å². The molecule has 0 aliphatic heterocycles. The summed E-state index contributed by atoms with van der Waals surface area (Å²) in [5.41, 5.74) is 0.580. The third-order valence-corrected chi connectivity index (χ3v) is 2.82. The summed E-state index contributed by atoms with van der Waals surface area (Å²) < 4.78 is 10.3. The van der Waals surface area contributed by atoms with E-state index >= 15 is 0 Å². The summed E-state index contributed by atoms with van der Waals surface area (Å²) in [5.74, 6) is 0.167. The van der Waals surface area contributed by atoms with Crippen molar-refractivity contribution in [3.05, 3.63) is 42.0 Å². The van der Waals surface area contributed by atoms with E-state index in [0.29, 0.717) is 17.2 Å². The van der Waals surface area contributed by atoms with Gasteiger partial charge >= 0.3 is 0 Å². The number of nitrogens with one attached hydrogen (secondary N) is 1. The molecule has 0 spiro atoms. The monoisotopic (exact) mass is 289 g/mol. The largest absolute Gasteiger partial charge is 0.508 e. The molecule has 6 nitrogen and oxygen atoms in total. The molecule has 0 bridgehead atoms. The number of carbonyl (C=O) groups excluding carboxylic acids is 1. The highest BCUT2D eigenvalue weighted by Gasteiger charge is 2.12. The minimum Gasteiger partial charge on any atom is -0.508 e. The standard InChI is InChI=1S/C15H15NO5/c1-20-12-3-4-13(14(8-12)21-2)16-15(19)9-5-10(17)7-11(18)6-9/h3-8,17-18H,1-2H3,(H,16,19). The van der Waals surface area contributed by atoms with Gasteiger partial charge in [0.2, 0.25) is 0 Å². The molecule has 0 aromatic heterocycles. The lowest BCUT2D eigenvalue weighted by atomic mass is 10.1. The SMILES string of the molecule is COc1ccc(NC(=O)c2cc(O)cc(O)c2)c(OC)c1. The van der Waals surface area contributed by atoms with Gasteiger partial charge in [-0.25, -0.2) is 0 Å². The molecule has 21 heavy (non-hydrogen) atoms. The van der Waals surface area contributed by atoms with Crippen LogP contribution < -0.4 is 14.8 Å². The number of benzene rings is 2. The van der Waals surface area contributed by atoms with E-state index in [4.69, 9.17) is 9.47 Å². The lowest BCUT2D eigenvalue weighted by Crippen LogP contribution is -2.12. The summed E-state index contributed by atoms with van der Waals surface area (Å²) in [4.78, 5) is 12.1. The van der Waals surface area contributed by atoms with Gasteiger partial charge in [0.15, 0.2) is 0 Å². The van der Waals surface area contributed by atoms with Gasteiger partial charge in [0.05, 0.1) is 19.9 Å². The number of carbonyl (C=O) groups is 1. The summed E-state index contributed by atoms with van der Waals surface area (Å²) in [6.07, 6.45) is 0. The van der Waals surface area contributed by atoms with E-state index in [9.17, 15) is 15.0 Å². The van der Waals surface area contributed by atoms with Crippen LogP contribution >= 0.6 is 0 Å². The molecule has 1 amide bonds. The van der Waals surface area contributed by atoms with Crippen molar-refractivity contribution < 1.29 is 24.5 Å². The van der Waals surface area contributed by atoms with E-state index in [1.807, 2.05) is 0 Å². The Balaban J connectivity index is 2.26. The van der Waals surface area contributed by atoms with Gasteiger partial charge in [-0.1, -0.05) is 0 Å². The summed E-state index contributed by atoms with van der Waals surface area (Å²) in [6, 6.07) is 8.60. The van der Waals surface area contributed by atoms with Crippen LogP contribution in [0.2, 0.25) is 0 Å². The van der Waals surface area contributed by atoms with Crippen molar-refractivity contribution >= 4 is 11.6 Å². The van der Waals surface area contributed by atoms with Crippen LogP contribution in [0.15, 0.2) is 36.4 Å². The topological polar surface area (TPSA) is 88.0 Å². The van der Waals surface area contributed by atoms with Crippen LogP contribution in [0.5, 0.6) is 23.0 Å². The molecule has 0 fully saturated rings. The first-order chi connectivity index (χ1) is 10.0. The fourth-order valence-corrected chi connectivity index (χ4v) is 1.82. The first-order valence-corrected chi connectivity index (χ1v) is 6.10. The first kappa shape index (κ1) is 14.5. The maximum Gasteiger partial charge on any atom is 0.256 e. The van der Waals surface area contributed by atoms with E-state index in [-0.39, 0.29) is 17.1 Å². The maximum atomic E-state index is 12.1. The molecule has 2 aromatic carbocycles. The molecule has 0 aliphatic carbocycles. The zero-order valence-electron chi connectivity index (χ0n) is 11.6. The Kier molecular flexibility index (Phi) is 4.18. The molecule has 0 radical (unpaired) electrons.